The van der Waals surface area contributed by atoms with Crippen LogP contribution in [0.4, 0.5) is 5.82 Å². The molecule has 5 nitrogen and oxygen atoms in total. The summed E-state index contributed by atoms with van der Waals surface area (Å²) in [7, 11) is 0. The first-order valence-electron chi connectivity index (χ1n) is 5.96. The van der Waals surface area contributed by atoms with E-state index in [0.717, 1.165) is 11.3 Å². The van der Waals surface area contributed by atoms with Gasteiger partial charge in [-0.05, 0) is 40.4 Å². The summed E-state index contributed by atoms with van der Waals surface area (Å²) in [6.45, 7) is 6.00. The number of pyridine rings is 1. The van der Waals surface area contributed by atoms with Crippen LogP contribution < -0.4 is 5.32 Å². The number of anilines is 1. The molecule has 100 valence electrons. The Morgan fingerprint density at radius 3 is 2.68 bits per heavy atom. The molecule has 0 saturated heterocycles. The van der Waals surface area contributed by atoms with E-state index in [1.54, 1.807) is 12.3 Å². The monoisotopic (exact) mass is 322 g/mol. The first-order valence-corrected chi connectivity index (χ1v) is 6.76. The third kappa shape index (κ3) is 3.01. The van der Waals surface area contributed by atoms with Crippen LogP contribution in [0.5, 0.6) is 0 Å². The van der Waals surface area contributed by atoms with Crippen LogP contribution in [0.2, 0.25) is 0 Å². The summed E-state index contributed by atoms with van der Waals surface area (Å²) in [5.41, 5.74) is 2.29. The highest BCUT2D eigenvalue weighted by atomic mass is 79.9. The van der Waals surface area contributed by atoms with Crippen LogP contribution in [0, 0.1) is 6.92 Å². The SMILES string of the molecule is Cc1ccc(NC(=O)c2n[nH]c(C(C)C)c2Br)nc1. The summed E-state index contributed by atoms with van der Waals surface area (Å²) in [5, 5.41) is 9.63. The summed E-state index contributed by atoms with van der Waals surface area (Å²) >= 11 is 3.40. The van der Waals surface area contributed by atoms with Gasteiger partial charge >= 0.3 is 0 Å². The van der Waals surface area contributed by atoms with Crippen molar-refractivity contribution in [3.8, 4) is 0 Å². The van der Waals surface area contributed by atoms with Crippen LogP contribution in [-0.4, -0.2) is 21.1 Å². The number of aromatic nitrogens is 3. The maximum Gasteiger partial charge on any atom is 0.278 e. The Balaban J connectivity index is 2.18. The normalized spacial score (nSPS) is 10.8. The number of aryl methyl sites for hydroxylation is 1. The Kier molecular flexibility index (Phi) is 3.99. The molecule has 0 aliphatic heterocycles. The quantitative estimate of drug-likeness (QED) is 0.911. The molecule has 0 aliphatic rings. The second-order valence-electron chi connectivity index (χ2n) is 4.63. The number of aromatic amines is 1. The first kappa shape index (κ1) is 13.7. The average Bonchev–Trinajstić information content (AvgIpc) is 2.74. The van der Waals surface area contributed by atoms with Crippen LogP contribution in [0.25, 0.3) is 0 Å². The molecule has 2 rings (SSSR count). The molecule has 0 aromatic carbocycles. The number of halogens is 1. The molecule has 0 fully saturated rings. The van der Waals surface area contributed by atoms with Gasteiger partial charge in [-0.25, -0.2) is 4.98 Å². The highest BCUT2D eigenvalue weighted by molar-refractivity contribution is 9.10. The number of H-pyrrole nitrogens is 1. The van der Waals surface area contributed by atoms with Crippen molar-refractivity contribution in [1.29, 1.82) is 0 Å². The summed E-state index contributed by atoms with van der Waals surface area (Å²) in [4.78, 5) is 16.2. The molecule has 0 unspecified atom stereocenters. The fourth-order valence-electron chi connectivity index (χ4n) is 1.59. The Morgan fingerprint density at radius 1 is 1.42 bits per heavy atom. The van der Waals surface area contributed by atoms with Gasteiger partial charge in [0.1, 0.15) is 5.82 Å². The van der Waals surface area contributed by atoms with Gasteiger partial charge in [-0.1, -0.05) is 19.9 Å². The molecule has 0 atom stereocenters. The molecule has 2 aromatic heterocycles. The topological polar surface area (TPSA) is 70.7 Å². The van der Waals surface area contributed by atoms with Crippen molar-refractivity contribution in [3.05, 3.63) is 39.8 Å². The standard InChI is InChI=1S/C13H15BrN4O/c1-7(2)11-10(14)12(18-17-11)13(19)16-9-5-4-8(3)6-15-9/h4-7H,1-3H3,(H,17,18)(H,15,16,19). The third-order valence-corrected chi connectivity index (χ3v) is 3.48. The predicted octanol–water partition coefficient (Wildman–Crippen LogP) is 3.25. The van der Waals surface area contributed by atoms with E-state index in [0.29, 0.717) is 16.0 Å². The Labute approximate surface area is 120 Å². The number of carbonyl (C=O) groups excluding carboxylic acids is 1. The van der Waals surface area contributed by atoms with E-state index in [-0.39, 0.29) is 11.8 Å². The van der Waals surface area contributed by atoms with Crippen molar-refractivity contribution >= 4 is 27.7 Å². The van der Waals surface area contributed by atoms with Crippen molar-refractivity contribution in [2.24, 2.45) is 0 Å². The molecule has 0 spiro atoms. The first-order chi connectivity index (χ1) is 8.99. The van der Waals surface area contributed by atoms with Crippen LogP contribution in [0.15, 0.2) is 22.8 Å². The number of hydrogen-bond acceptors (Lipinski definition) is 3. The molecule has 2 aromatic rings. The summed E-state index contributed by atoms with van der Waals surface area (Å²) in [6.07, 6.45) is 1.70. The van der Waals surface area contributed by atoms with Crippen molar-refractivity contribution in [2.75, 3.05) is 5.32 Å². The minimum Gasteiger partial charge on any atom is -0.305 e. The number of nitrogens with zero attached hydrogens (tertiary/aromatic N) is 2. The third-order valence-electron chi connectivity index (χ3n) is 2.68. The number of rotatable bonds is 3. The number of hydrogen-bond donors (Lipinski definition) is 2. The summed E-state index contributed by atoms with van der Waals surface area (Å²) in [5.74, 6) is 0.490. The van der Waals surface area contributed by atoms with Gasteiger partial charge < -0.3 is 5.32 Å². The van der Waals surface area contributed by atoms with E-state index in [2.05, 4.69) is 36.4 Å². The number of nitrogens with one attached hydrogen (secondary N) is 2. The van der Waals surface area contributed by atoms with Crippen molar-refractivity contribution in [1.82, 2.24) is 15.2 Å². The van der Waals surface area contributed by atoms with Gasteiger partial charge in [0.2, 0.25) is 0 Å². The molecule has 2 N–H and O–H groups in total. The smallest absolute Gasteiger partial charge is 0.278 e. The predicted molar refractivity (Wildman–Crippen MR) is 77.3 cm³/mol. The maximum atomic E-state index is 12.1. The van der Waals surface area contributed by atoms with E-state index in [4.69, 9.17) is 0 Å². The maximum absolute atomic E-state index is 12.1. The van der Waals surface area contributed by atoms with E-state index >= 15 is 0 Å². The van der Waals surface area contributed by atoms with Crippen LogP contribution in [0.1, 0.15) is 41.5 Å². The van der Waals surface area contributed by atoms with Crippen LogP contribution in [-0.2, 0) is 0 Å². The summed E-state index contributed by atoms with van der Waals surface area (Å²) in [6, 6.07) is 3.65. The highest BCUT2D eigenvalue weighted by Gasteiger charge is 2.19. The molecule has 0 saturated carbocycles. The van der Waals surface area contributed by atoms with Gasteiger partial charge in [-0.3, -0.25) is 9.89 Å². The molecule has 0 radical (unpaired) electrons. The molecule has 2 heterocycles. The minimum absolute atomic E-state index is 0.265. The second kappa shape index (κ2) is 5.52. The van der Waals surface area contributed by atoms with E-state index in [9.17, 15) is 4.79 Å². The molecular formula is C13H15BrN4O. The lowest BCUT2D eigenvalue weighted by Gasteiger charge is -2.03. The van der Waals surface area contributed by atoms with E-state index < -0.39 is 0 Å². The van der Waals surface area contributed by atoms with Gasteiger partial charge in [-0.2, -0.15) is 5.10 Å². The molecule has 19 heavy (non-hydrogen) atoms. The van der Waals surface area contributed by atoms with Crippen LogP contribution >= 0.6 is 15.9 Å². The lowest BCUT2D eigenvalue weighted by Crippen LogP contribution is -2.14. The molecule has 0 aliphatic carbocycles. The van der Waals surface area contributed by atoms with Gasteiger partial charge in [-0.15, -0.1) is 0 Å². The number of amides is 1. The Morgan fingerprint density at radius 2 is 2.16 bits per heavy atom. The van der Waals surface area contributed by atoms with Gasteiger partial charge in [0, 0.05) is 6.20 Å². The molecular weight excluding hydrogens is 308 g/mol. The Hall–Kier alpha value is -1.69. The molecule has 1 amide bonds. The fourth-order valence-corrected chi connectivity index (χ4v) is 2.41. The summed E-state index contributed by atoms with van der Waals surface area (Å²) < 4.78 is 0.701. The van der Waals surface area contributed by atoms with Crippen molar-refractivity contribution in [2.45, 2.75) is 26.7 Å². The average molecular weight is 323 g/mol. The zero-order chi connectivity index (χ0) is 14.0. The van der Waals surface area contributed by atoms with Crippen LogP contribution in [0.3, 0.4) is 0 Å². The fraction of sp³-hybridized carbons (Fsp3) is 0.308. The van der Waals surface area contributed by atoms with Gasteiger partial charge in [0.15, 0.2) is 5.69 Å². The van der Waals surface area contributed by atoms with Crippen molar-refractivity contribution < 1.29 is 4.79 Å². The molecule has 6 heteroatoms. The van der Waals surface area contributed by atoms with Crippen molar-refractivity contribution in [3.63, 3.8) is 0 Å². The lowest BCUT2D eigenvalue weighted by atomic mass is 10.1. The largest absolute Gasteiger partial charge is 0.305 e. The zero-order valence-corrected chi connectivity index (χ0v) is 12.6. The zero-order valence-electron chi connectivity index (χ0n) is 11.0. The van der Waals surface area contributed by atoms with Gasteiger partial charge in [0.05, 0.1) is 10.2 Å². The lowest BCUT2D eigenvalue weighted by molar-refractivity contribution is 0.102. The minimum atomic E-state index is -0.286. The Bertz CT molecular complexity index is 589. The second-order valence-corrected chi connectivity index (χ2v) is 5.42. The highest BCUT2D eigenvalue weighted by Crippen LogP contribution is 2.25. The molecule has 0 bridgehead atoms. The number of carbonyl (C=O) groups is 1. The van der Waals surface area contributed by atoms with Gasteiger partial charge in [0.25, 0.3) is 5.91 Å². The van der Waals surface area contributed by atoms with E-state index in [1.807, 2.05) is 26.8 Å². The van der Waals surface area contributed by atoms with E-state index in [1.165, 1.54) is 0 Å².